The predicted molar refractivity (Wildman–Crippen MR) is 78.1 cm³/mol. The Morgan fingerprint density at radius 1 is 1.17 bits per heavy atom. The summed E-state index contributed by atoms with van der Waals surface area (Å²) in [4.78, 5) is 0. The Morgan fingerprint density at radius 3 is 2.61 bits per heavy atom. The Hall–Kier alpha value is -0.860. The quantitative estimate of drug-likeness (QED) is 0.678. The second-order valence-corrected chi connectivity index (χ2v) is 4.86. The highest BCUT2D eigenvalue weighted by Crippen LogP contribution is 2.10. The van der Waals surface area contributed by atoms with Crippen LogP contribution >= 0.6 is 0 Å². The smallest absolute Gasteiger partial charge is 0.0622 e. The molecule has 0 fully saturated rings. The second-order valence-electron chi connectivity index (χ2n) is 4.86. The van der Waals surface area contributed by atoms with Crippen molar-refractivity contribution in [2.75, 3.05) is 19.8 Å². The standard InChI is InChI=1S/C16H27NO/c1-4-10-17-16(13-18-11-5-2)12-15-9-7-6-8-14(15)3/h6-9,16-17H,4-5,10-13H2,1-3H3. The molecule has 2 nitrogen and oxygen atoms in total. The number of hydrogen-bond acceptors (Lipinski definition) is 2. The number of ether oxygens (including phenoxy) is 1. The molecule has 0 saturated carbocycles. The first-order valence-electron chi connectivity index (χ1n) is 7.13. The summed E-state index contributed by atoms with van der Waals surface area (Å²) < 4.78 is 5.69. The maximum absolute atomic E-state index is 5.69. The lowest BCUT2D eigenvalue weighted by Gasteiger charge is -2.19. The van der Waals surface area contributed by atoms with Gasteiger partial charge in [-0.3, -0.25) is 0 Å². The monoisotopic (exact) mass is 249 g/mol. The van der Waals surface area contributed by atoms with Gasteiger partial charge in [0, 0.05) is 12.6 Å². The van der Waals surface area contributed by atoms with E-state index in [1.54, 1.807) is 0 Å². The molecule has 18 heavy (non-hydrogen) atoms. The topological polar surface area (TPSA) is 21.3 Å². The van der Waals surface area contributed by atoms with Crippen LogP contribution < -0.4 is 5.32 Å². The number of hydrogen-bond donors (Lipinski definition) is 1. The van der Waals surface area contributed by atoms with Crippen molar-refractivity contribution in [1.29, 1.82) is 0 Å². The summed E-state index contributed by atoms with van der Waals surface area (Å²) in [6, 6.07) is 9.04. The average Bonchev–Trinajstić information content (AvgIpc) is 2.38. The van der Waals surface area contributed by atoms with E-state index in [1.165, 1.54) is 11.1 Å². The number of nitrogens with one attached hydrogen (secondary N) is 1. The predicted octanol–water partition coefficient (Wildman–Crippen LogP) is 3.33. The van der Waals surface area contributed by atoms with E-state index in [0.717, 1.165) is 39.0 Å². The molecule has 0 saturated heterocycles. The Bertz CT molecular complexity index is 325. The third-order valence-electron chi connectivity index (χ3n) is 3.08. The van der Waals surface area contributed by atoms with Crippen molar-refractivity contribution in [3.05, 3.63) is 35.4 Å². The van der Waals surface area contributed by atoms with Gasteiger partial charge < -0.3 is 10.1 Å². The highest BCUT2D eigenvalue weighted by atomic mass is 16.5. The summed E-state index contributed by atoms with van der Waals surface area (Å²) in [5, 5.41) is 3.58. The van der Waals surface area contributed by atoms with Crippen LogP contribution in [0, 0.1) is 6.92 Å². The molecule has 1 aromatic rings. The summed E-state index contributed by atoms with van der Waals surface area (Å²) >= 11 is 0. The third kappa shape index (κ3) is 5.65. The number of benzene rings is 1. The van der Waals surface area contributed by atoms with Gasteiger partial charge in [-0.15, -0.1) is 0 Å². The number of rotatable bonds is 9. The highest BCUT2D eigenvalue weighted by molar-refractivity contribution is 5.26. The first kappa shape index (κ1) is 15.2. The lowest BCUT2D eigenvalue weighted by Crippen LogP contribution is -2.36. The van der Waals surface area contributed by atoms with Crippen molar-refractivity contribution in [3.63, 3.8) is 0 Å². The van der Waals surface area contributed by atoms with Gasteiger partial charge in [-0.2, -0.15) is 0 Å². The molecular weight excluding hydrogens is 222 g/mol. The number of aryl methyl sites for hydroxylation is 1. The Morgan fingerprint density at radius 2 is 1.94 bits per heavy atom. The van der Waals surface area contributed by atoms with Crippen LogP contribution in [-0.4, -0.2) is 25.8 Å². The van der Waals surface area contributed by atoms with Crippen molar-refractivity contribution in [1.82, 2.24) is 5.32 Å². The minimum atomic E-state index is 0.428. The molecule has 1 N–H and O–H groups in total. The van der Waals surface area contributed by atoms with Gasteiger partial charge in [0.25, 0.3) is 0 Å². The van der Waals surface area contributed by atoms with Gasteiger partial charge in [0.05, 0.1) is 6.61 Å². The van der Waals surface area contributed by atoms with Crippen molar-refractivity contribution in [2.24, 2.45) is 0 Å². The van der Waals surface area contributed by atoms with Crippen molar-refractivity contribution in [2.45, 2.75) is 46.1 Å². The highest BCUT2D eigenvalue weighted by Gasteiger charge is 2.10. The molecule has 0 amide bonds. The van der Waals surface area contributed by atoms with E-state index in [1.807, 2.05) is 0 Å². The van der Waals surface area contributed by atoms with E-state index < -0.39 is 0 Å². The fourth-order valence-electron chi connectivity index (χ4n) is 2.01. The SMILES string of the molecule is CCCNC(COCCC)Cc1ccccc1C. The van der Waals surface area contributed by atoms with Crippen molar-refractivity contribution in [3.8, 4) is 0 Å². The molecule has 0 aliphatic heterocycles. The lowest BCUT2D eigenvalue weighted by molar-refractivity contribution is 0.111. The van der Waals surface area contributed by atoms with E-state index in [-0.39, 0.29) is 0 Å². The maximum atomic E-state index is 5.69. The third-order valence-corrected chi connectivity index (χ3v) is 3.08. The minimum Gasteiger partial charge on any atom is -0.380 e. The lowest BCUT2D eigenvalue weighted by atomic mass is 10.0. The van der Waals surface area contributed by atoms with Crippen LogP contribution in [0.15, 0.2) is 24.3 Å². The zero-order valence-electron chi connectivity index (χ0n) is 12.0. The Balaban J connectivity index is 2.51. The zero-order chi connectivity index (χ0) is 13.2. The van der Waals surface area contributed by atoms with Crippen molar-refractivity contribution >= 4 is 0 Å². The molecule has 1 aromatic carbocycles. The van der Waals surface area contributed by atoms with Crippen LogP contribution in [0.1, 0.15) is 37.8 Å². The van der Waals surface area contributed by atoms with Crippen LogP contribution in [0.2, 0.25) is 0 Å². The van der Waals surface area contributed by atoms with E-state index >= 15 is 0 Å². The van der Waals surface area contributed by atoms with Gasteiger partial charge in [-0.05, 0) is 43.9 Å². The van der Waals surface area contributed by atoms with Crippen LogP contribution in [-0.2, 0) is 11.2 Å². The molecule has 1 unspecified atom stereocenters. The summed E-state index contributed by atoms with van der Waals surface area (Å²) in [5.74, 6) is 0. The first-order chi connectivity index (χ1) is 8.77. The van der Waals surface area contributed by atoms with Crippen LogP contribution in [0.3, 0.4) is 0 Å². The minimum absolute atomic E-state index is 0.428. The normalized spacial score (nSPS) is 12.6. The molecular formula is C16H27NO. The second kappa shape index (κ2) is 9.12. The molecule has 0 aromatic heterocycles. The molecule has 1 rings (SSSR count). The fourth-order valence-corrected chi connectivity index (χ4v) is 2.01. The Labute approximate surface area is 112 Å². The van der Waals surface area contributed by atoms with Gasteiger partial charge in [0.15, 0.2) is 0 Å². The van der Waals surface area contributed by atoms with Gasteiger partial charge >= 0.3 is 0 Å². The summed E-state index contributed by atoms with van der Waals surface area (Å²) in [6.07, 6.45) is 3.30. The molecule has 0 spiro atoms. The Kier molecular flexibility index (Phi) is 7.70. The van der Waals surface area contributed by atoms with E-state index in [2.05, 4.69) is 50.4 Å². The van der Waals surface area contributed by atoms with Gasteiger partial charge in [0.2, 0.25) is 0 Å². The van der Waals surface area contributed by atoms with Gasteiger partial charge in [0.1, 0.15) is 0 Å². The van der Waals surface area contributed by atoms with Crippen LogP contribution in [0.5, 0.6) is 0 Å². The summed E-state index contributed by atoms with van der Waals surface area (Å²) in [6.45, 7) is 9.26. The molecule has 2 heteroatoms. The molecule has 0 aliphatic rings. The molecule has 102 valence electrons. The summed E-state index contributed by atoms with van der Waals surface area (Å²) in [7, 11) is 0. The molecule has 0 bridgehead atoms. The fraction of sp³-hybridized carbons (Fsp3) is 0.625. The first-order valence-corrected chi connectivity index (χ1v) is 7.13. The zero-order valence-corrected chi connectivity index (χ0v) is 12.0. The van der Waals surface area contributed by atoms with Gasteiger partial charge in [-0.1, -0.05) is 38.1 Å². The van der Waals surface area contributed by atoms with E-state index in [0.29, 0.717) is 6.04 Å². The van der Waals surface area contributed by atoms with Crippen LogP contribution in [0.25, 0.3) is 0 Å². The molecule has 0 heterocycles. The summed E-state index contributed by atoms with van der Waals surface area (Å²) in [5.41, 5.74) is 2.79. The van der Waals surface area contributed by atoms with Gasteiger partial charge in [-0.25, -0.2) is 0 Å². The van der Waals surface area contributed by atoms with E-state index in [9.17, 15) is 0 Å². The largest absolute Gasteiger partial charge is 0.380 e. The van der Waals surface area contributed by atoms with Crippen molar-refractivity contribution < 1.29 is 4.74 Å². The molecule has 0 radical (unpaired) electrons. The maximum Gasteiger partial charge on any atom is 0.0622 e. The molecule has 0 aliphatic carbocycles. The molecule has 1 atom stereocenters. The van der Waals surface area contributed by atoms with Crippen LogP contribution in [0.4, 0.5) is 0 Å². The van der Waals surface area contributed by atoms with E-state index in [4.69, 9.17) is 4.74 Å². The average molecular weight is 249 g/mol.